The summed E-state index contributed by atoms with van der Waals surface area (Å²) in [6.07, 6.45) is -0.0606. The molecule has 2 aliphatic heterocycles. The highest BCUT2D eigenvalue weighted by Crippen LogP contribution is 2.51. The van der Waals surface area contributed by atoms with E-state index in [9.17, 15) is 18.8 Å². The maximum Gasteiger partial charge on any atom is 0.317 e. The molecule has 3 aliphatic rings. The maximum atomic E-state index is 15.1. The molecule has 0 unspecified atom stereocenters. The number of hydrogen-bond acceptors (Lipinski definition) is 7. The van der Waals surface area contributed by atoms with Crippen LogP contribution in [0.1, 0.15) is 42.0 Å². The van der Waals surface area contributed by atoms with E-state index in [1.165, 1.54) is 22.3 Å². The Morgan fingerprint density at radius 2 is 1.90 bits per heavy atom. The molecule has 39 heavy (non-hydrogen) atoms. The van der Waals surface area contributed by atoms with Gasteiger partial charge in [0.25, 0.3) is 0 Å². The first-order chi connectivity index (χ1) is 18.9. The van der Waals surface area contributed by atoms with Crippen LogP contribution in [-0.2, 0) is 19.1 Å². The minimum atomic E-state index is -1.13. The lowest BCUT2D eigenvalue weighted by atomic mass is 9.69. The SMILES string of the molecule is CCOC(=O)[C@@H]1C(=O)C2=C(C[C@@H]1c1cccs1)N(c1ccc(F)cc1F)C(=O)C[C@H]2c1ccc2c(c1)OCO2. The van der Waals surface area contributed by atoms with Crippen molar-refractivity contribution in [3.05, 3.63) is 87.3 Å². The Morgan fingerprint density at radius 1 is 1.08 bits per heavy atom. The summed E-state index contributed by atoms with van der Waals surface area (Å²) in [7, 11) is 0. The number of halogens is 2. The highest BCUT2D eigenvalue weighted by molar-refractivity contribution is 7.10. The number of ketones is 1. The zero-order valence-electron chi connectivity index (χ0n) is 20.8. The molecule has 0 N–H and O–H groups in total. The number of hydrogen-bond donors (Lipinski definition) is 0. The van der Waals surface area contributed by atoms with Gasteiger partial charge in [0.1, 0.15) is 17.6 Å². The first-order valence-electron chi connectivity index (χ1n) is 12.5. The fourth-order valence-electron chi connectivity index (χ4n) is 5.66. The van der Waals surface area contributed by atoms with E-state index < -0.39 is 47.0 Å². The number of Topliss-reactive ketones (excluding diaryl/α,β-unsaturated/α-hetero) is 1. The fraction of sp³-hybridized carbons (Fsp3) is 0.276. The van der Waals surface area contributed by atoms with E-state index in [1.807, 2.05) is 17.5 Å². The van der Waals surface area contributed by atoms with E-state index in [0.717, 1.165) is 10.9 Å². The van der Waals surface area contributed by atoms with Gasteiger partial charge in [-0.15, -0.1) is 11.3 Å². The van der Waals surface area contributed by atoms with Crippen LogP contribution in [-0.4, -0.2) is 31.1 Å². The predicted octanol–water partition coefficient (Wildman–Crippen LogP) is 5.47. The molecule has 3 heterocycles. The molecule has 6 rings (SSSR count). The summed E-state index contributed by atoms with van der Waals surface area (Å²) in [5, 5.41) is 1.84. The Bertz CT molecular complexity index is 1520. The molecular weight excluding hydrogens is 528 g/mol. The first-order valence-corrected chi connectivity index (χ1v) is 13.4. The lowest BCUT2D eigenvalue weighted by Crippen LogP contribution is -2.46. The lowest BCUT2D eigenvalue weighted by molar-refractivity contribution is -0.152. The number of fused-ring (bicyclic) bond motifs is 1. The second-order valence-corrected chi connectivity index (χ2v) is 10.5. The van der Waals surface area contributed by atoms with E-state index in [2.05, 4.69) is 0 Å². The minimum absolute atomic E-state index is 0.0559. The number of esters is 1. The molecule has 3 atom stereocenters. The van der Waals surface area contributed by atoms with Gasteiger partial charge in [0.2, 0.25) is 12.7 Å². The molecule has 10 heteroatoms. The highest BCUT2D eigenvalue weighted by atomic mass is 32.1. The molecule has 0 bridgehead atoms. The van der Waals surface area contributed by atoms with Gasteiger partial charge in [-0.3, -0.25) is 19.3 Å². The number of thiophene rings is 1. The van der Waals surface area contributed by atoms with Gasteiger partial charge < -0.3 is 14.2 Å². The van der Waals surface area contributed by atoms with Crippen molar-refractivity contribution in [3.63, 3.8) is 0 Å². The Morgan fingerprint density at radius 3 is 2.64 bits per heavy atom. The molecular formula is C29H23F2NO6S. The van der Waals surface area contributed by atoms with Crippen molar-refractivity contribution in [3.8, 4) is 11.5 Å². The number of anilines is 1. The largest absolute Gasteiger partial charge is 0.465 e. The van der Waals surface area contributed by atoms with Crippen LogP contribution in [0.4, 0.5) is 14.5 Å². The molecule has 1 amide bonds. The Kier molecular flexibility index (Phi) is 6.42. The third-order valence-corrected chi connectivity index (χ3v) is 8.32. The van der Waals surface area contributed by atoms with Crippen molar-refractivity contribution < 1.29 is 37.4 Å². The Hall–Kier alpha value is -4.05. The summed E-state index contributed by atoms with van der Waals surface area (Å²) in [6.45, 7) is 1.83. The Balaban J connectivity index is 1.55. The number of carbonyl (C=O) groups is 3. The standard InChI is InChI=1S/C29H23F2NO6S/c1-2-36-29(35)27-18(24-4-3-9-39-24)12-21-26(28(27)34)17(15-5-8-22-23(10-15)38-14-37-22)13-25(33)32(21)20-7-6-16(30)11-19(20)31/h3-11,17-18,27H,2,12-14H2,1H3/t17-,18+,27-/m0/s1. The number of nitrogens with zero attached hydrogens (tertiary/aromatic N) is 1. The van der Waals surface area contributed by atoms with E-state index in [-0.39, 0.29) is 37.5 Å². The number of rotatable bonds is 5. The quantitative estimate of drug-likeness (QED) is 0.309. The number of allylic oxidation sites excluding steroid dienone is 2. The number of benzene rings is 2. The van der Waals surface area contributed by atoms with Gasteiger partial charge in [-0.25, -0.2) is 8.78 Å². The number of amides is 1. The average Bonchev–Trinajstić information content (AvgIpc) is 3.61. The number of ether oxygens (including phenoxy) is 3. The molecule has 0 saturated heterocycles. The Labute approximate surface area is 226 Å². The minimum Gasteiger partial charge on any atom is -0.465 e. The first kappa shape index (κ1) is 25.2. The summed E-state index contributed by atoms with van der Waals surface area (Å²) in [4.78, 5) is 43.2. The molecule has 1 aromatic heterocycles. The summed E-state index contributed by atoms with van der Waals surface area (Å²) in [5.74, 6) is -4.72. The zero-order valence-corrected chi connectivity index (χ0v) is 21.6. The van der Waals surface area contributed by atoms with Crippen molar-refractivity contribution >= 4 is 34.7 Å². The van der Waals surface area contributed by atoms with E-state index in [0.29, 0.717) is 28.8 Å². The molecule has 200 valence electrons. The maximum absolute atomic E-state index is 15.1. The topological polar surface area (TPSA) is 82.1 Å². The third-order valence-electron chi connectivity index (χ3n) is 7.32. The van der Waals surface area contributed by atoms with Gasteiger partial charge >= 0.3 is 5.97 Å². The average molecular weight is 552 g/mol. The van der Waals surface area contributed by atoms with Crippen molar-refractivity contribution in [2.45, 2.75) is 31.6 Å². The molecule has 0 radical (unpaired) electrons. The predicted molar refractivity (Wildman–Crippen MR) is 138 cm³/mol. The van der Waals surface area contributed by atoms with Gasteiger partial charge in [0.05, 0.1) is 12.3 Å². The van der Waals surface area contributed by atoms with Gasteiger partial charge in [-0.05, 0) is 54.6 Å². The third kappa shape index (κ3) is 4.28. The molecule has 3 aromatic rings. The fourth-order valence-corrected chi connectivity index (χ4v) is 6.52. The molecule has 7 nitrogen and oxygen atoms in total. The zero-order chi connectivity index (χ0) is 27.3. The second kappa shape index (κ2) is 9.92. The van der Waals surface area contributed by atoms with Crippen molar-refractivity contribution in [1.29, 1.82) is 0 Å². The van der Waals surface area contributed by atoms with E-state index in [4.69, 9.17) is 14.2 Å². The highest BCUT2D eigenvalue weighted by Gasteiger charge is 2.50. The van der Waals surface area contributed by atoms with Gasteiger partial charge in [0.15, 0.2) is 17.3 Å². The van der Waals surface area contributed by atoms with Crippen LogP contribution < -0.4 is 14.4 Å². The van der Waals surface area contributed by atoms with Gasteiger partial charge in [-0.1, -0.05) is 12.1 Å². The normalized spacial score (nSPS) is 22.2. The van der Waals surface area contributed by atoms with Crippen molar-refractivity contribution in [1.82, 2.24) is 0 Å². The van der Waals surface area contributed by atoms with Crippen molar-refractivity contribution in [2.75, 3.05) is 18.3 Å². The van der Waals surface area contributed by atoms with Gasteiger partial charge in [0, 0.05) is 40.5 Å². The smallest absolute Gasteiger partial charge is 0.317 e. The van der Waals surface area contributed by atoms with Crippen LogP contribution in [0.25, 0.3) is 0 Å². The summed E-state index contributed by atoms with van der Waals surface area (Å²) < 4.78 is 45.1. The van der Waals surface area contributed by atoms with Crippen LogP contribution in [0, 0.1) is 17.6 Å². The van der Waals surface area contributed by atoms with Crippen LogP contribution in [0.5, 0.6) is 11.5 Å². The summed E-state index contributed by atoms with van der Waals surface area (Å²) in [6, 6.07) is 11.8. The monoisotopic (exact) mass is 551 g/mol. The van der Waals surface area contributed by atoms with Crippen LogP contribution in [0.15, 0.2) is 65.2 Å². The van der Waals surface area contributed by atoms with E-state index in [1.54, 1.807) is 25.1 Å². The molecule has 0 spiro atoms. The van der Waals surface area contributed by atoms with Crippen molar-refractivity contribution in [2.24, 2.45) is 5.92 Å². The van der Waals surface area contributed by atoms with Crippen LogP contribution in [0.3, 0.4) is 0 Å². The summed E-state index contributed by atoms with van der Waals surface area (Å²) >= 11 is 1.38. The molecule has 1 aliphatic carbocycles. The van der Waals surface area contributed by atoms with Crippen LogP contribution >= 0.6 is 11.3 Å². The molecule has 2 aromatic carbocycles. The summed E-state index contributed by atoms with van der Waals surface area (Å²) in [5.41, 5.74) is 1.02. The van der Waals surface area contributed by atoms with E-state index >= 15 is 4.39 Å². The number of carbonyl (C=O) groups excluding carboxylic acids is 3. The molecule has 0 saturated carbocycles. The lowest BCUT2D eigenvalue weighted by Gasteiger charge is -2.42. The second-order valence-electron chi connectivity index (χ2n) is 9.47. The molecule has 0 fully saturated rings. The van der Waals surface area contributed by atoms with Crippen LogP contribution in [0.2, 0.25) is 0 Å². The van der Waals surface area contributed by atoms with Gasteiger partial charge in [-0.2, -0.15) is 0 Å².